The monoisotopic (exact) mass is 528 g/mol. The Morgan fingerprint density at radius 2 is 2.12 bits per heavy atom. The third-order valence-electron chi connectivity index (χ3n) is 4.65. The van der Waals surface area contributed by atoms with E-state index in [1.54, 1.807) is 42.0 Å². The van der Waals surface area contributed by atoms with Gasteiger partial charge in [0.2, 0.25) is 0 Å². The molecule has 0 radical (unpaired) electrons. The molecule has 0 amide bonds. The number of hydrogen-bond donors (Lipinski definition) is 2. The zero-order valence-corrected chi connectivity index (χ0v) is 20.8. The number of ether oxygens (including phenoxy) is 2. The summed E-state index contributed by atoms with van der Waals surface area (Å²) in [4.78, 5) is 13.6. The highest BCUT2D eigenvalue weighted by Gasteiger charge is 2.30. The standard InChI is InChI=1S/C19H21ClN6O4S3/c1-10(28)14(7-27)30-19(33-11-3-15-17(21-4-11)22-9-32-15)13(29-2)6-26-5-12(24-25-26)18-23-16(20)8-31-18/h3-5,8-10,13-14,19,27-28H,6-7H2,1-2H3/t10-,13+,14?,19?/m1/s1. The van der Waals surface area contributed by atoms with Gasteiger partial charge in [0.1, 0.15) is 33.5 Å². The Bertz CT molecular complexity index is 1190. The molecular formula is C19H21ClN6O4S3. The number of thioether (sulfide) groups is 1. The van der Waals surface area contributed by atoms with E-state index in [-0.39, 0.29) is 6.61 Å². The second-order valence-corrected chi connectivity index (χ2v) is 10.3. The molecule has 0 fully saturated rings. The van der Waals surface area contributed by atoms with Gasteiger partial charge >= 0.3 is 0 Å². The molecule has 10 nitrogen and oxygen atoms in total. The van der Waals surface area contributed by atoms with E-state index in [4.69, 9.17) is 21.1 Å². The first-order valence-corrected chi connectivity index (χ1v) is 12.8. The summed E-state index contributed by atoms with van der Waals surface area (Å²) in [6.45, 7) is 1.54. The number of fused-ring (bicyclic) bond motifs is 1. The van der Waals surface area contributed by atoms with Gasteiger partial charge in [-0.1, -0.05) is 28.6 Å². The topological polar surface area (TPSA) is 128 Å². The lowest BCUT2D eigenvalue weighted by Gasteiger charge is -2.30. The first kappa shape index (κ1) is 24.4. The molecule has 4 rings (SSSR count). The smallest absolute Gasteiger partial charge is 0.170 e. The van der Waals surface area contributed by atoms with Crippen LogP contribution in [0, 0.1) is 0 Å². The van der Waals surface area contributed by atoms with E-state index in [0.717, 1.165) is 9.60 Å². The van der Waals surface area contributed by atoms with E-state index >= 15 is 0 Å². The number of aliphatic hydroxyl groups is 2. The predicted octanol–water partition coefficient (Wildman–Crippen LogP) is 2.95. The Hall–Kier alpha value is -1.71. The molecule has 0 aliphatic rings. The zero-order valence-electron chi connectivity index (χ0n) is 17.6. The lowest BCUT2D eigenvalue weighted by Crippen LogP contribution is -2.40. The minimum atomic E-state index is -0.870. The van der Waals surface area contributed by atoms with Gasteiger partial charge in [0, 0.05) is 23.6 Å². The van der Waals surface area contributed by atoms with Crippen molar-refractivity contribution in [1.29, 1.82) is 0 Å². The summed E-state index contributed by atoms with van der Waals surface area (Å²) in [5, 5.41) is 30.9. The molecule has 0 aliphatic heterocycles. The Morgan fingerprint density at radius 3 is 2.82 bits per heavy atom. The van der Waals surface area contributed by atoms with E-state index in [0.29, 0.717) is 28.0 Å². The van der Waals surface area contributed by atoms with Gasteiger partial charge in [-0.15, -0.1) is 27.8 Å². The molecule has 0 saturated carbocycles. The highest BCUT2D eigenvalue weighted by Crippen LogP contribution is 2.32. The van der Waals surface area contributed by atoms with Crippen LogP contribution in [0.2, 0.25) is 5.15 Å². The van der Waals surface area contributed by atoms with Crippen molar-refractivity contribution in [1.82, 2.24) is 29.9 Å². The van der Waals surface area contributed by atoms with Crippen molar-refractivity contribution < 1.29 is 19.7 Å². The first-order valence-electron chi connectivity index (χ1n) is 9.81. The number of methoxy groups -OCH3 is 1. The second-order valence-electron chi connectivity index (χ2n) is 7.00. The lowest BCUT2D eigenvalue weighted by molar-refractivity contribution is -0.105. The summed E-state index contributed by atoms with van der Waals surface area (Å²) in [6, 6.07) is 1.98. The van der Waals surface area contributed by atoms with Crippen LogP contribution in [0.5, 0.6) is 0 Å². The maximum atomic E-state index is 10.0. The second kappa shape index (κ2) is 11.1. The Morgan fingerprint density at radius 1 is 1.27 bits per heavy atom. The molecule has 2 unspecified atom stereocenters. The van der Waals surface area contributed by atoms with E-state index in [1.165, 1.54) is 34.4 Å². The fourth-order valence-electron chi connectivity index (χ4n) is 2.92. The van der Waals surface area contributed by atoms with E-state index in [2.05, 4.69) is 25.3 Å². The van der Waals surface area contributed by atoms with Crippen LogP contribution in [0.4, 0.5) is 0 Å². The third kappa shape index (κ3) is 6.05. The van der Waals surface area contributed by atoms with Crippen LogP contribution in [0.25, 0.3) is 21.0 Å². The lowest BCUT2D eigenvalue weighted by atomic mass is 10.2. The summed E-state index contributed by atoms with van der Waals surface area (Å²) in [5.41, 5.74) is 2.44. The Kier molecular flexibility index (Phi) is 8.24. The molecule has 0 aromatic carbocycles. The van der Waals surface area contributed by atoms with Gasteiger partial charge in [-0.25, -0.2) is 19.6 Å². The van der Waals surface area contributed by atoms with Crippen LogP contribution in [0.3, 0.4) is 0 Å². The highest BCUT2D eigenvalue weighted by atomic mass is 35.5. The van der Waals surface area contributed by atoms with Gasteiger partial charge in [-0.05, 0) is 13.0 Å². The minimum absolute atomic E-state index is 0.314. The summed E-state index contributed by atoms with van der Waals surface area (Å²) in [5.74, 6) is 0. The van der Waals surface area contributed by atoms with Crippen LogP contribution in [0.15, 0.2) is 34.2 Å². The SMILES string of the molecule is CO[C@@H](Cn1cc(-c2nc(Cl)cs2)nn1)C(OC(CO)[C@@H](C)O)Sc1cnc2ncsc2c1. The number of halogens is 1. The summed E-state index contributed by atoms with van der Waals surface area (Å²) in [6.07, 6.45) is 1.32. The maximum absolute atomic E-state index is 10.0. The number of aromatic nitrogens is 6. The van der Waals surface area contributed by atoms with Gasteiger partial charge in [-0.3, -0.25) is 0 Å². The van der Waals surface area contributed by atoms with Crippen LogP contribution in [-0.2, 0) is 16.0 Å². The normalized spacial score (nSPS) is 15.5. The van der Waals surface area contributed by atoms with Crippen molar-refractivity contribution in [3.63, 3.8) is 0 Å². The number of thiazole rings is 2. The van der Waals surface area contributed by atoms with Crippen molar-refractivity contribution in [3.05, 3.63) is 34.5 Å². The van der Waals surface area contributed by atoms with Crippen LogP contribution in [0.1, 0.15) is 6.92 Å². The molecular weight excluding hydrogens is 508 g/mol. The van der Waals surface area contributed by atoms with Gasteiger partial charge < -0.3 is 19.7 Å². The molecule has 176 valence electrons. The minimum Gasteiger partial charge on any atom is -0.394 e. The molecule has 4 atom stereocenters. The predicted molar refractivity (Wildman–Crippen MR) is 128 cm³/mol. The number of rotatable bonds is 11. The number of nitrogens with zero attached hydrogens (tertiary/aromatic N) is 6. The average molecular weight is 529 g/mol. The molecule has 4 heterocycles. The van der Waals surface area contributed by atoms with E-state index in [1.807, 2.05) is 6.07 Å². The molecule has 14 heteroatoms. The first-order chi connectivity index (χ1) is 16.0. The summed E-state index contributed by atoms with van der Waals surface area (Å²) in [7, 11) is 1.57. The van der Waals surface area contributed by atoms with Crippen molar-refractivity contribution in [2.75, 3.05) is 13.7 Å². The fraction of sp³-hybridized carbons (Fsp3) is 0.421. The quantitative estimate of drug-likeness (QED) is 0.221. The zero-order chi connectivity index (χ0) is 23.4. The molecule has 2 N–H and O–H groups in total. The number of pyridine rings is 1. The van der Waals surface area contributed by atoms with Crippen molar-refractivity contribution in [3.8, 4) is 10.7 Å². The van der Waals surface area contributed by atoms with Crippen molar-refractivity contribution in [2.24, 2.45) is 0 Å². The van der Waals surface area contributed by atoms with Crippen molar-refractivity contribution in [2.45, 2.75) is 42.1 Å². The number of hydrogen-bond acceptors (Lipinski definition) is 12. The van der Waals surface area contributed by atoms with Gasteiger partial charge in [-0.2, -0.15) is 0 Å². The van der Waals surface area contributed by atoms with E-state index < -0.39 is 23.7 Å². The largest absolute Gasteiger partial charge is 0.394 e. The summed E-state index contributed by atoms with van der Waals surface area (Å²) < 4.78 is 14.4. The molecule has 0 saturated heterocycles. The Labute approximate surface area is 206 Å². The van der Waals surface area contributed by atoms with Crippen molar-refractivity contribution >= 4 is 56.4 Å². The molecule has 0 bridgehead atoms. The molecule has 4 aromatic heterocycles. The average Bonchev–Trinajstić information content (AvgIpc) is 3.55. The Balaban J connectivity index is 1.55. The number of aliphatic hydroxyl groups excluding tert-OH is 2. The fourth-order valence-corrected chi connectivity index (χ4v) is 5.68. The van der Waals surface area contributed by atoms with E-state index in [9.17, 15) is 10.2 Å². The van der Waals surface area contributed by atoms with Crippen LogP contribution < -0.4 is 0 Å². The van der Waals surface area contributed by atoms with Gasteiger partial charge in [0.05, 0.1) is 35.7 Å². The highest BCUT2D eigenvalue weighted by molar-refractivity contribution is 7.99. The molecule has 4 aromatic rings. The van der Waals surface area contributed by atoms with Crippen LogP contribution in [-0.4, -0.2) is 77.6 Å². The molecule has 0 spiro atoms. The van der Waals surface area contributed by atoms with Gasteiger partial charge in [0.25, 0.3) is 0 Å². The molecule has 33 heavy (non-hydrogen) atoms. The molecule has 0 aliphatic carbocycles. The third-order valence-corrected chi connectivity index (χ3v) is 7.74. The maximum Gasteiger partial charge on any atom is 0.170 e. The summed E-state index contributed by atoms with van der Waals surface area (Å²) >= 11 is 10.2. The van der Waals surface area contributed by atoms with Crippen LogP contribution >= 0.6 is 46.0 Å². The van der Waals surface area contributed by atoms with Gasteiger partial charge in [0.15, 0.2) is 5.65 Å².